The topological polar surface area (TPSA) is 98.8 Å². The van der Waals surface area contributed by atoms with Gasteiger partial charge in [0, 0.05) is 50.4 Å². The Balaban J connectivity index is 0.000000344. The number of rotatable bonds is 6. The van der Waals surface area contributed by atoms with Crippen LogP contribution in [0, 0.1) is 20.2 Å². The summed E-state index contributed by atoms with van der Waals surface area (Å²) in [6, 6.07) is 0. The second kappa shape index (κ2) is 6.60. The van der Waals surface area contributed by atoms with E-state index in [0.29, 0.717) is 19.4 Å². The minimum atomic E-state index is -0.845. The van der Waals surface area contributed by atoms with Crippen molar-refractivity contribution >= 4 is 0 Å². The molecule has 0 bridgehead atoms. The van der Waals surface area contributed by atoms with E-state index in [-0.39, 0.29) is 16.0 Å². The second-order valence-corrected chi connectivity index (χ2v) is 5.79. The maximum Gasteiger partial charge on any atom is 0.220 e. The summed E-state index contributed by atoms with van der Waals surface area (Å²) in [5.41, 5.74) is -1.66. The highest BCUT2D eigenvalue weighted by atomic mass is 16.6. The monoisotopic (exact) mass is 274 g/mol. The SMILES string of the molecule is C=CCC(C)(C)[N+](=O)[O-].CC(C)(CC1CO1)[N+](=O)[O-]. The van der Waals surface area contributed by atoms with Gasteiger partial charge in [0.25, 0.3) is 0 Å². The Labute approximate surface area is 112 Å². The standard InChI is InChI=1S/C6H11NO3.C6H11NO2/c1-6(2,7(8)9)3-5-4-10-5;1-4-5-6(2,3)7(8)9/h5H,3-4H2,1-2H3;4H,1,5H2,2-3H3. The summed E-state index contributed by atoms with van der Waals surface area (Å²) < 4.78 is 4.89. The first-order chi connectivity index (χ1) is 8.53. The summed E-state index contributed by atoms with van der Waals surface area (Å²) in [6.07, 6.45) is 2.64. The smallest absolute Gasteiger partial charge is 0.220 e. The predicted molar refractivity (Wildman–Crippen MR) is 71.3 cm³/mol. The molecule has 0 spiro atoms. The van der Waals surface area contributed by atoms with Gasteiger partial charge in [-0.15, -0.1) is 6.58 Å². The summed E-state index contributed by atoms with van der Waals surface area (Å²) >= 11 is 0. The van der Waals surface area contributed by atoms with Gasteiger partial charge in [0.05, 0.1) is 12.7 Å². The molecule has 1 unspecified atom stereocenters. The first-order valence-electron chi connectivity index (χ1n) is 6.04. The van der Waals surface area contributed by atoms with Crippen LogP contribution in [0.25, 0.3) is 0 Å². The van der Waals surface area contributed by atoms with Crippen LogP contribution in [0.5, 0.6) is 0 Å². The number of nitro groups is 2. The third-order valence-corrected chi connectivity index (χ3v) is 2.76. The van der Waals surface area contributed by atoms with Crippen molar-refractivity contribution in [2.45, 2.75) is 57.7 Å². The lowest BCUT2D eigenvalue weighted by Crippen LogP contribution is -2.32. The van der Waals surface area contributed by atoms with Crippen LogP contribution in [-0.2, 0) is 4.74 Å². The lowest BCUT2D eigenvalue weighted by molar-refractivity contribution is -0.561. The minimum absolute atomic E-state index is 0.139. The van der Waals surface area contributed by atoms with Crippen LogP contribution in [0.15, 0.2) is 12.7 Å². The molecule has 7 heteroatoms. The van der Waals surface area contributed by atoms with E-state index < -0.39 is 11.1 Å². The molecule has 1 aliphatic rings. The van der Waals surface area contributed by atoms with E-state index in [1.807, 2.05) is 0 Å². The average molecular weight is 274 g/mol. The largest absolute Gasteiger partial charge is 0.373 e. The summed E-state index contributed by atoms with van der Waals surface area (Å²) in [5, 5.41) is 20.5. The van der Waals surface area contributed by atoms with Gasteiger partial charge in [0.15, 0.2) is 0 Å². The maximum atomic E-state index is 10.3. The molecule has 7 nitrogen and oxygen atoms in total. The van der Waals surface area contributed by atoms with E-state index in [1.165, 1.54) is 0 Å². The molecule has 0 aromatic heterocycles. The molecule has 0 N–H and O–H groups in total. The molecular formula is C12H22N2O5. The van der Waals surface area contributed by atoms with Crippen molar-refractivity contribution < 1.29 is 14.6 Å². The van der Waals surface area contributed by atoms with Gasteiger partial charge in [-0.05, 0) is 0 Å². The van der Waals surface area contributed by atoms with Gasteiger partial charge in [-0.3, -0.25) is 20.2 Å². The van der Waals surface area contributed by atoms with Crippen LogP contribution in [0.2, 0.25) is 0 Å². The fourth-order valence-electron chi connectivity index (χ4n) is 1.25. The zero-order valence-electron chi connectivity index (χ0n) is 11.9. The molecular weight excluding hydrogens is 252 g/mol. The Kier molecular flexibility index (Phi) is 6.08. The van der Waals surface area contributed by atoms with Crippen molar-refractivity contribution in [2.75, 3.05) is 6.61 Å². The third-order valence-electron chi connectivity index (χ3n) is 2.76. The van der Waals surface area contributed by atoms with Crippen molar-refractivity contribution in [1.29, 1.82) is 0 Å². The lowest BCUT2D eigenvalue weighted by Gasteiger charge is -2.12. The van der Waals surface area contributed by atoms with E-state index in [9.17, 15) is 20.2 Å². The molecule has 19 heavy (non-hydrogen) atoms. The predicted octanol–water partition coefficient (Wildman–Crippen LogP) is 2.45. The molecule has 0 amide bonds. The van der Waals surface area contributed by atoms with Gasteiger partial charge >= 0.3 is 0 Å². The molecule has 1 atom stereocenters. The highest BCUT2D eigenvalue weighted by molar-refractivity contribution is 4.79. The molecule has 0 aromatic rings. The summed E-state index contributed by atoms with van der Waals surface area (Å²) in [6.45, 7) is 10.5. The van der Waals surface area contributed by atoms with E-state index >= 15 is 0 Å². The number of hydrogen-bond donors (Lipinski definition) is 0. The second-order valence-electron chi connectivity index (χ2n) is 5.79. The number of hydrogen-bond acceptors (Lipinski definition) is 5. The zero-order valence-corrected chi connectivity index (χ0v) is 11.9. The first kappa shape index (κ1) is 17.5. The van der Waals surface area contributed by atoms with Crippen LogP contribution in [0.1, 0.15) is 40.5 Å². The fourth-order valence-corrected chi connectivity index (χ4v) is 1.25. The molecule has 1 rings (SSSR count). The lowest BCUT2D eigenvalue weighted by atomic mass is 10.0. The molecule has 1 aliphatic heterocycles. The molecule has 0 aromatic carbocycles. The van der Waals surface area contributed by atoms with Crippen molar-refractivity contribution in [2.24, 2.45) is 0 Å². The molecule has 1 fully saturated rings. The van der Waals surface area contributed by atoms with Crippen LogP contribution >= 0.6 is 0 Å². The summed E-state index contributed by atoms with van der Waals surface area (Å²) in [4.78, 5) is 20.0. The van der Waals surface area contributed by atoms with Gasteiger partial charge in [-0.25, -0.2) is 0 Å². The number of epoxide rings is 1. The Morgan fingerprint density at radius 3 is 1.84 bits per heavy atom. The van der Waals surface area contributed by atoms with Crippen LogP contribution in [0.4, 0.5) is 0 Å². The van der Waals surface area contributed by atoms with Crippen molar-refractivity contribution in [3.05, 3.63) is 32.9 Å². The van der Waals surface area contributed by atoms with E-state index in [4.69, 9.17) is 4.74 Å². The highest BCUT2D eigenvalue weighted by Gasteiger charge is 2.39. The quantitative estimate of drug-likeness (QED) is 0.320. The summed E-state index contributed by atoms with van der Waals surface area (Å²) in [7, 11) is 0. The van der Waals surface area contributed by atoms with Crippen molar-refractivity contribution in [3.8, 4) is 0 Å². The van der Waals surface area contributed by atoms with E-state index in [0.717, 1.165) is 0 Å². The van der Waals surface area contributed by atoms with Crippen molar-refractivity contribution in [3.63, 3.8) is 0 Å². The zero-order chi connectivity index (χ0) is 15.3. The van der Waals surface area contributed by atoms with Crippen LogP contribution in [-0.4, -0.2) is 33.6 Å². The normalized spacial score (nSPS) is 18.0. The van der Waals surface area contributed by atoms with Gasteiger partial charge in [-0.2, -0.15) is 0 Å². The average Bonchev–Trinajstić information content (AvgIpc) is 3.01. The molecule has 0 aliphatic carbocycles. The Morgan fingerprint density at radius 1 is 1.21 bits per heavy atom. The van der Waals surface area contributed by atoms with E-state index in [2.05, 4.69) is 6.58 Å². The Morgan fingerprint density at radius 2 is 1.63 bits per heavy atom. The fraction of sp³-hybridized carbons (Fsp3) is 0.833. The van der Waals surface area contributed by atoms with Crippen LogP contribution in [0.3, 0.4) is 0 Å². The van der Waals surface area contributed by atoms with Gasteiger partial charge in [-0.1, -0.05) is 6.08 Å². The maximum absolute atomic E-state index is 10.3. The molecule has 1 saturated heterocycles. The minimum Gasteiger partial charge on any atom is -0.373 e. The number of nitrogens with zero attached hydrogens (tertiary/aromatic N) is 2. The van der Waals surface area contributed by atoms with Crippen molar-refractivity contribution in [1.82, 2.24) is 0 Å². The highest BCUT2D eigenvalue weighted by Crippen LogP contribution is 2.24. The Bertz CT molecular complexity index is 348. The molecule has 0 saturated carbocycles. The van der Waals surface area contributed by atoms with Gasteiger partial charge in [0.1, 0.15) is 0 Å². The first-order valence-corrected chi connectivity index (χ1v) is 6.04. The van der Waals surface area contributed by atoms with Gasteiger partial charge < -0.3 is 4.74 Å². The Hall–Kier alpha value is -1.50. The number of ether oxygens (including phenoxy) is 1. The van der Waals surface area contributed by atoms with E-state index in [1.54, 1.807) is 33.8 Å². The molecule has 110 valence electrons. The third kappa shape index (κ3) is 6.85. The molecule has 0 radical (unpaired) electrons. The van der Waals surface area contributed by atoms with Crippen LogP contribution < -0.4 is 0 Å². The van der Waals surface area contributed by atoms with Gasteiger partial charge in [0.2, 0.25) is 11.1 Å². The molecule has 1 heterocycles. The summed E-state index contributed by atoms with van der Waals surface area (Å²) in [5.74, 6) is 0.